The molecule has 0 spiro atoms. The monoisotopic (exact) mass is 365 g/mol. The van der Waals surface area contributed by atoms with Crippen molar-refractivity contribution < 1.29 is 12.8 Å². The van der Waals surface area contributed by atoms with Crippen LogP contribution in [0.2, 0.25) is 5.15 Å². The minimum absolute atomic E-state index is 0.0778. The van der Waals surface area contributed by atoms with Gasteiger partial charge >= 0.3 is 0 Å². The summed E-state index contributed by atoms with van der Waals surface area (Å²) in [5.41, 5.74) is 2.08. The highest BCUT2D eigenvalue weighted by atomic mass is 35.5. The van der Waals surface area contributed by atoms with E-state index in [-0.39, 0.29) is 16.0 Å². The molecule has 8 heteroatoms. The molecule has 0 bridgehead atoms. The average Bonchev–Trinajstić information content (AvgIpc) is 3.06. The minimum Gasteiger partial charge on any atom is -0.288 e. The highest BCUT2D eigenvalue weighted by Gasteiger charge is 2.31. The lowest BCUT2D eigenvalue weighted by Crippen LogP contribution is -2.28. The molecule has 3 aromatic rings. The van der Waals surface area contributed by atoms with E-state index in [2.05, 4.69) is 9.71 Å². The van der Waals surface area contributed by atoms with Gasteiger partial charge in [0.25, 0.3) is 10.0 Å². The fourth-order valence-electron chi connectivity index (χ4n) is 3.14. The van der Waals surface area contributed by atoms with E-state index in [0.717, 1.165) is 11.1 Å². The minimum atomic E-state index is -3.89. The molecule has 1 aliphatic rings. The molecule has 2 heterocycles. The molecular formula is C16H13ClFN3O2S. The second-order valence-electron chi connectivity index (χ2n) is 5.69. The number of sulfonamides is 1. The number of hydrogen-bond acceptors (Lipinski definition) is 3. The van der Waals surface area contributed by atoms with Gasteiger partial charge in [-0.2, -0.15) is 0 Å². The van der Waals surface area contributed by atoms with E-state index < -0.39 is 16.1 Å². The largest absolute Gasteiger partial charge is 0.288 e. The fourth-order valence-corrected chi connectivity index (χ4v) is 5.03. The Morgan fingerprint density at radius 3 is 2.96 bits per heavy atom. The third-order valence-electron chi connectivity index (χ3n) is 4.18. The van der Waals surface area contributed by atoms with Crippen molar-refractivity contribution >= 4 is 27.3 Å². The summed E-state index contributed by atoms with van der Waals surface area (Å²) in [6, 6.07) is 9.15. The van der Waals surface area contributed by atoms with Crippen LogP contribution in [0.15, 0.2) is 47.6 Å². The van der Waals surface area contributed by atoms with Gasteiger partial charge in [0, 0.05) is 12.2 Å². The molecule has 1 aliphatic carbocycles. The van der Waals surface area contributed by atoms with Gasteiger partial charge < -0.3 is 0 Å². The Morgan fingerprint density at radius 1 is 1.29 bits per heavy atom. The molecule has 0 fully saturated rings. The molecule has 1 aromatic carbocycles. The maximum atomic E-state index is 13.3. The normalized spacial score (nSPS) is 17.3. The van der Waals surface area contributed by atoms with Gasteiger partial charge in [-0.25, -0.2) is 22.5 Å². The number of fused-ring (bicyclic) bond motifs is 2. The highest BCUT2D eigenvalue weighted by molar-refractivity contribution is 7.89. The number of imidazole rings is 1. The van der Waals surface area contributed by atoms with Crippen LogP contribution in [0.4, 0.5) is 4.39 Å². The molecule has 24 heavy (non-hydrogen) atoms. The van der Waals surface area contributed by atoms with Crippen LogP contribution in [0.5, 0.6) is 0 Å². The molecule has 0 radical (unpaired) electrons. The van der Waals surface area contributed by atoms with Crippen molar-refractivity contribution in [2.45, 2.75) is 23.9 Å². The van der Waals surface area contributed by atoms with Gasteiger partial charge in [-0.1, -0.05) is 23.7 Å². The molecule has 5 nitrogen and oxygen atoms in total. The first-order valence-electron chi connectivity index (χ1n) is 7.39. The van der Waals surface area contributed by atoms with Crippen molar-refractivity contribution in [3.63, 3.8) is 0 Å². The lowest BCUT2D eigenvalue weighted by atomic mass is 10.1. The summed E-state index contributed by atoms with van der Waals surface area (Å²) in [4.78, 5) is 4.07. The number of aryl methyl sites for hydroxylation is 1. The van der Waals surface area contributed by atoms with Gasteiger partial charge in [-0.05, 0) is 48.2 Å². The second-order valence-corrected chi connectivity index (χ2v) is 7.68. The van der Waals surface area contributed by atoms with Crippen molar-refractivity contribution in [3.05, 3.63) is 64.7 Å². The predicted molar refractivity (Wildman–Crippen MR) is 88.0 cm³/mol. The van der Waals surface area contributed by atoms with E-state index in [9.17, 15) is 12.8 Å². The van der Waals surface area contributed by atoms with E-state index >= 15 is 0 Å². The van der Waals surface area contributed by atoms with Crippen LogP contribution in [0, 0.1) is 5.82 Å². The van der Waals surface area contributed by atoms with Gasteiger partial charge in [0.1, 0.15) is 11.5 Å². The summed E-state index contributed by atoms with van der Waals surface area (Å²) < 4.78 is 43.1. The number of halogens is 2. The van der Waals surface area contributed by atoms with E-state index in [1.807, 2.05) is 0 Å². The molecule has 1 N–H and O–H groups in total. The van der Waals surface area contributed by atoms with Gasteiger partial charge in [0.2, 0.25) is 0 Å². The number of nitrogens with one attached hydrogen (secondary N) is 1. The van der Waals surface area contributed by atoms with Crippen molar-refractivity contribution in [2.24, 2.45) is 0 Å². The Labute approximate surface area is 143 Å². The van der Waals surface area contributed by atoms with Gasteiger partial charge in [0.15, 0.2) is 10.2 Å². The number of hydrogen-bond donors (Lipinski definition) is 1. The van der Waals surface area contributed by atoms with Gasteiger partial charge in [-0.15, -0.1) is 0 Å². The van der Waals surface area contributed by atoms with Crippen molar-refractivity contribution in [1.82, 2.24) is 14.1 Å². The first-order chi connectivity index (χ1) is 11.5. The summed E-state index contributed by atoms with van der Waals surface area (Å²) in [5.74, 6) is -0.318. The number of aromatic nitrogens is 2. The second kappa shape index (κ2) is 5.54. The molecule has 0 saturated heterocycles. The first-order valence-corrected chi connectivity index (χ1v) is 9.25. The molecule has 0 saturated carbocycles. The predicted octanol–water partition coefficient (Wildman–Crippen LogP) is 3.09. The maximum Gasteiger partial charge on any atom is 0.260 e. The smallest absolute Gasteiger partial charge is 0.260 e. The van der Waals surface area contributed by atoms with E-state index in [1.165, 1.54) is 16.5 Å². The third-order valence-corrected chi connectivity index (χ3v) is 6.05. The maximum absolute atomic E-state index is 13.3. The first kappa shape index (κ1) is 15.6. The van der Waals surface area contributed by atoms with Crippen LogP contribution in [-0.2, 0) is 16.4 Å². The number of pyridine rings is 1. The molecule has 124 valence electrons. The highest BCUT2D eigenvalue weighted by Crippen LogP contribution is 2.33. The van der Waals surface area contributed by atoms with Crippen LogP contribution in [-0.4, -0.2) is 17.8 Å². The van der Waals surface area contributed by atoms with Crippen molar-refractivity contribution in [3.8, 4) is 0 Å². The van der Waals surface area contributed by atoms with Crippen molar-refractivity contribution in [1.29, 1.82) is 0 Å². The Hall–Kier alpha value is -1.96. The summed E-state index contributed by atoms with van der Waals surface area (Å²) >= 11 is 6.06. The van der Waals surface area contributed by atoms with Crippen molar-refractivity contribution in [2.75, 3.05) is 0 Å². The van der Waals surface area contributed by atoms with Crippen LogP contribution >= 0.6 is 11.6 Å². The van der Waals surface area contributed by atoms with Crippen LogP contribution in [0.25, 0.3) is 5.65 Å². The average molecular weight is 366 g/mol. The Balaban J connectivity index is 1.74. The topological polar surface area (TPSA) is 63.5 Å². The lowest BCUT2D eigenvalue weighted by Gasteiger charge is -2.14. The summed E-state index contributed by atoms with van der Waals surface area (Å²) in [6.45, 7) is 0. The zero-order chi connectivity index (χ0) is 16.9. The number of rotatable bonds is 3. The van der Waals surface area contributed by atoms with E-state index in [1.54, 1.807) is 30.5 Å². The standard InChI is InChI=1S/C16H13ClFN3O2S/c17-15-16(21-8-2-1-3-14(21)19-15)24(22,23)20-13-7-4-10-9-11(18)5-6-12(10)13/h1-3,5-6,8-9,13,20H,4,7H2/t13-/m1/s1. The summed E-state index contributed by atoms with van der Waals surface area (Å²) in [7, 11) is -3.89. The summed E-state index contributed by atoms with van der Waals surface area (Å²) in [5, 5.41) is -0.165. The quantitative estimate of drug-likeness (QED) is 0.775. The molecule has 0 aliphatic heterocycles. The third kappa shape index (κ3) is 2.49. The molecule has 4 rings (SSSR count). The molecule has 1 atom stereocenters. The van der Waals surface area contributed by atoms with E-state index in [4.69, 9.17) is 11.6 Å². The van der Waals surface area contributed by atoms with Crippen LogP contribution < -0.4 is 4.72 Å². The number of nitrogens with zero attached hydrogens (tertiary/aromatic N) is 2. The Morgan fingerprint density at radius 2 is 2.12 bits per heavy atom. The van der Waals surface area contributed by atoms with Crippen LogP contribution in [0.1, 0.15) is 23.6 Å². The van der Waals surface area contributed by atoms with Crippen LogP contribution in [0.3, 0.4) is 0 Å². The molecule has 2 aromatic heterocycles. The van der Waals surface area contributed by atoms with Gasteiger partial charge in [-0.3, -0.25) is 4.40 Å². The Bertz CT molecular complexity index is 1050. The van der Waals surface area contributed by atoms with Gasteiger partial charge in [0.05, 0.1) is 0 Å². The zero-order valence-electron chi connectivity index (χ0n) is 12.4. The molecular weight excluding hydrogens is 353 g/mol. The SMILES string of the molecule is O=S(=O)(N[C@@H]1CCc2cc(F)ccc21)c1c(Cl)nc2ccccn12. The number of benzene rings is 1. The van der Waals surface area contributed by atoms with E-state index in [0.29, 0.717) is 18.5 Å². The molecule has 0 unspecified atom stereocenters. The zero-order valence-corrected chi connectivity index (χ0v) is 14.0. The Kier molecular flexibility index (Phi) is 3.59. The lowest BCUT2D eigenvalue weighted by molar-refractivity contribution is 0.550. The molecule has 0 amide bonds. The summed E-state index contributed by atoms with van der Waals surface area (Å²) in [6.07, 6.45) is 2.80. The fraction of sp³-hybridized carbons (Fsp3) is 0.188.